The van der Waals surface area contributed by atoms with Gasteiger partial charge in [0.1, 0.15) is 0 Å². The van der Waals surface area contributed by atoms with Gasteiger partial charge >= 0.3 is 11.7 Å². The van der Waals surface area contributed by atoms with Gasteiger partial charge in [-0.3, -0.25) is 14.3 Å². The van der Waals surface area contributed by atoms with E-state index in [1.165, 1.54) is 24.5 Å². The molecule has 0 fully saturated rings. The molecule has 0 aliphatic rings. The lowest BCUT2D eigenvalue weighted by molar-refractivity contribution is 0.0699. The summed E-state index contributed by atoms with van der Waals surface area (Å²) in [6.45, 7) is 0. The first-order valence-corrected chi connectivity index (χ1v) is 7.21. The van der Waals surface area contributed by atoms with E-state index in [2.05, 4.69) is 9.97 Å². The first-order chi connectivity index (χ1) is 10.4. The molecule has 0 atom stereocenters. The van der Waals surface area contributed by atoms with Gasteiger partial charge in [0, 0.05) is 7.05 Å². The Labute approximate surface area is 131 Å². The molecule has 0 bridgehead atoms. The smallest absolute Gasteiger partial charge is 0.336 e. The quantitative estimate of drug-likeness (QED) is 0.740. The monoisotopic (exact) mass is 337 g/mol. The molecule has 0 saturated carbocycles. The number of halogens is 1. The highest BCUT2D eigenvalue weighted by atomic mass is 35.5. The van der Waals surface area contributed by atoms with E-state index >= 15 is 0 Å². The normalized spacial score (nSPS) is 11.0. The zero-order valence-corrected chi connectivity index (χ0v) is 12.7. The van der Waals surface area contributed by atoms with Gasteiger partial charge in [0.05, 0.1) is 25.9 Å². The molecule has 3 aromatic heterocycles. The van der Waals surface area contributed by atoms with E-state index in [1.54, 1.807) is 12.1 Å². The van der Waals surface area contributed by atoms with Crippen LogP contribution in [0.15, 0.2) is 27.8 Å². The zero-order valence-electron chi connectivity index (χ0n) is 11.1. The van der Waals surface area contributed by atoms with Crippen molar-refractivity contribution in [2.75, 3.05) is 0 Å². The fourth-order valence-corrected chi connectivity index (χ4v) is 3.09. The van der Waals surface area contributed by atoms with Crippen LogP contribution >= 0.6 is 22.9 Å². The Kier molecular flexibility index (Phi) is 3.34. The number of H-pyrrole nitrogens is 1. The number of fused-ring (bicyclic) bond motifs is 1. The molecule has 22 heavy (non-hydrogen) atoms. The number of hydrogen-bond acceptors (Lipinski definition) is 5. The number of carbonyl (C=O) groups is 1. The van der Waals surface area contributed by atoms with E-state index in [9.17, 15) is 19.5 Å². The maximum Gasteiger partial charge on any atom is 0.336 e. The van der Waals surface area contributed by atoms with Gasteiger partial charge in [-0.15, -0.1) is 11.3 Å². The van der Waals surface area contributed by atoms with Crippen molar-refractivity contribution in [3.63, 3.8) is 0 Å². The molecule has 112 valence electrons. The van der Waals surface area contributed by atoms with Crippen LogP contribution in [-0.2, 0) is 7.05 Å². The Morgan fingerprint density at radius 2 is 2.14 bits per heavy atom. The van der Waals surface area contributed by atoms with Crippen molar-refractivity contribution >= 4 is 39.9 Å². The highest BCUT2D eigenvalue weighted by Gasteiger charge is 2.19. The number of thiophene rings is 1. The molecule has 3 aromatic rings. The largest absolute Gasteiger partial charge is 0.478 e. The molecule has 0 aromatic carbocycles. The summed E-state index contributed by atoms with van der Waals surface area (Å²) >= 11 is 7.10. The third-order valence-corrected chi connectivity index (χ3v) is 4.38. The van der Waals surface area contributed by atoms with E-state index in [4.69, 9.17) is 11.6 Å². The number of nitrogens with one attached hydrogen (secondary N) is 1. The SMILES string of the molecule is Cn1c(=O)[nH]c(=O)c2c(C(=O)O)cc(-c3ccc(Cl)s3)nc21. The molecule has 0 radical (unpaired) electrons. The summed E-state index contributed by atoms with van der Waals surface area (Å²) in [5.41, 5.74) is -1.32. The number of hydrogen-bond donors (Lipinski definition) is 2. The number of aromatic amines is 1. The van der Waals surface area contributed by atoms with Crippen molar-refractivity contribution < 1.29 is 9.90 Å². The van der Waals surface area contributed by atoms with Crippen LogP contribution < -0.4 is 11.2 Å². The van der Waals surface area contributed by atoms with E-state index < -0.39 is 17.2 Å². The molecular formula is C13H8ClN3O4S. The first-order valence-electron chi connectivity index (χ1n) is 6.01. The molecule has 9 heteroatoms. The van der Waals surface area contributed by atoms with Crippen LogP contribution in [0.1, 0.15) is 10.4 Å². The fourth-order valence-electron chi connectivity index (χ4n) is 2.08. The molecular weight excluding hydrogens is 330 g/mol. The second-order valence-corrected chi connectivity index (χ2v) is 6.20. The average Bonchev–Trinajstić information content (AvgIpc) is 2.90. The molecule has 0 saturated heterocycles. The number of aromatic carboxylic acids is 1. The van der Waals surface area contributed by atoms with Gasteiger partial charge in [0.25, 0.3) is 5.56 Å². The lowest BCUT2D eigenvalue weighted by atomic mass is 10.1. The average molecular weight is 338 g/mol. The molecule has 2 N–H and O–H groups in total. The first kappa shape index (κ1) is 14.5. The van der Waals surface area contributed by atoms with Crippen LogP contribution in [-0.4, -0.2) is 25.6 Å². The molecule has 7 nitrogen and oxygen atoms in total. The maximum absolute atomic E-state index is 11.9. The molecule has 0 aliphatic heterocycles. The van der Waals surface area contributed by atoms with Gasteiger partial charge in [0.15, 0.2) is 5.65 Å². The number of pyridine rings is 1. The van der Waals surface area contributed by atoms with E-state index in [1.807, 2.05) is 0 Å². The van der Waals surface area contributed by atoms with Crippen molar-refractivity contribution in [3.8, 4) is 10.6 Å². The number of nitrogens with zero attached hydrogens (tertiary/aromatic N) is 2. The van der Waals surface area contributed by atoms with Crippen LogP contribution in [0.5, 0.6) is 0 Å². The number of carboxylic acid groups (broad SMARTS) is 1. The number of aryl methyl sites for hydroxylation is 1. The third kappa shape index (κ3) is 2.22. The topological polar surface area (TPSA) is 105 Å². The Morgan fingerprint density at radius 1 is 1.41 bits per heavy atom. The lowest BCUT2D eigenvalue weighted by Crippen LogP contribution is -2.30. The highest BCUT2D eigenvalue weighted by molar-refractivity contribution is 7.19. The van der Waals surface area contributed by atoms with Gasteiger partial charge in [-0.05, 0) is 18.2 Å². The van der Waals surface area contributed by atoms with Crippen LogP contribution in [0.25, 0.3) is 21.6 Å². The molecule has 3 heterocycles. The standard InChI is InChI=1S/C13H8ClN3O4S/c1-17-10-9(11(18)16-13(17)21)5(12(19)20)4-6(15-10)7-2-3-8(14)22-7/h2-4H,1H3,(H,19,20)(H,16,18,21). The van der Waals surface area contributed by atoms with E-state index in [-0.39, 0.29) is 16.6 Å². The van der Waals surface area contributed by atoms with Crippen molar-refractivity contribution in [1.82, 2.24) is 14.5 Å². The predicted molar refractivity (Wildman–Crippen MR) is 82.9 cm³/mol. The Hall–Kier alpha value is -2.45. The molecule has 0 amide bonds. The minimum Gasteiger partial charge on any atom is -0.478 e. The Balaban J connectivity index is 2.49. The maximum atomic E-state index is 11.9. The molecule has 0 unspecified atom stereocenters. The fraction of sp³-hybridized carbons (Fsp3) is 0.0769. The van der Waals surface area contributed by atoms with Gasteiger partial charge in [-0.25, -0.2) is 14.6 Å². The van der Waals surface area contributed by atoms with Crippen LogP contribution in [0.3, 0.4) is 0 Å². The van der Waals surface area contributed by atoms with Crippen molar-refractivity contribution in [3.05, 3.63) is 48.9 Å². The number of aromatic nitrogens is 3. The van der Waals surface area contributed by atoms with Gasteiger partial charge in [0.2, 0.25) is 0 Å². The number of rotatable bonds is 2. The zero-order chi connectivity index (χ0) is 16.0. The Morgan fingerprint density at radius 3 is 2.73 bits per heavy atom. The summed E-state index contributed by atoms with van der Waals surface area (Å²) in [6, 6.07) is 4.65. The molecule has 3 rings (SSSR count). The highest BCUT2D eigenvalue weighted by Crippen LogP contribution is 2.31. The molecule has 0 aliphatic carbocycles. The molecule has 0 spiro atoms. The van der Waals surface area contributed by atoms with E-state index in [0.29, 0.717) is 14.9 Å². The summed E-state index contributed by atoms with van der Waals surface area (Å²) in [5, 5.41) is 9.22. The van der Waals surface area contributed by atoms with Gasteiger partial charge < -0.3 is 5.11 Å². The summed E-state index contributed by atoms with van der Waals surface area (Å²) in [7, 11) is 1.41. The second kappa shape index (κ2) is 5.08. The Bertz CT molecular complexity index is 1030. The van der Waals surface area contributed by atoms with Crippen molar-refractivity contribution in [2.24, 2.45) is 7.05 Å². The minimum absolute atomic E-state index is 0.00757. The summed E-state index contributed by atoms with van der Waals surface area (Å²) in [6.07, 6.45) is 0. The predicted octanol–water partition coefficient (Wildman–Crippen LogP) is 1.70. The second-order valence-electron chi connectivity index (χ2n) is 4.48. The summed E-state index contributed by atoms with van der Waals surface area (Å²) in [5.74, 6) is -1.28. The lowest BCUT2D eigenvalue weighted by Gasteiger charge is -2.07. The van der Waals surface area contributed by atoms with Crippen molar-refractivity contribution in [2.45, 2.75) is 0 Å². The summed E-state index contributed by atoms with van der Waals surface area (Å²) < 4.78 is 1.62. The third-order valence-electron chi connectivity index (χ3n) is 3.13. The van der Waals surface area contributed by atoms with E-state index in [0.717, 1.165) is 4.57 Å². The summed E-state index contributed by atoms with van der Waals surface area (Å²) in [4.78, 5) is 42.1. The van der Waals surface area contributed by atoms with Crippen molar-refractivity contribution in [1.29, 1.82) is 0 Å². The van der Waals surface area contributed by atoms with Crippen LogP contribution in [0, 0.1) is 0 Å². The van der Waals surface area contributed by atoms with Gasteiger partial charge in [-0.1, -0.05) is 11.6 Å². The minimum atomic E-state index is -1.28. The van der Waals surface area contributed by atoms with Gasteiger partial charge in [-0.2, -0.15) is 0 Å². The number of carboxylic acids is 1. The van der Waals surface area contributed by atoms with Crippen LogP contribution in [0.2, 0.25) is 4.34 Å². The van der Waals surface area contributed by atoms with Crippen LogP contribution in [0.4, 0.5) is 0 Å².